The summed E-state index contributed by atoms with van der Waals surface area (Å²) in [6.45, 7) is 3.45. The van der Waals surface area contributed by atoms with Crippen LogP contribution in [0.15, 0.2) is 24.3 Å². The molecule has 0 bridgehead atoms. The summed E-state index contributed by atoms with van der Waals surface area (Å²) in [5.41, 5.74) is 0.666. The minimum atomic E-state index is -0.426. The van der Waals surface area contributed by atoms with Crippen LogP contribution in [0.2, 0.25) is 5.02 Å². The van der Waals surface area contributed by atoms with Crippen molar-refractivity contribution in [1.29, 1.82) is 0 Å². The number of rotatable bonds is 7. The molecule has 0 spiro atoms. The quantitative estimate of drug-likeness (QED) is 0.821. The van der Waals surface area contributed by atoms with Gasteiger partial charge in [-0.15, -0.1) is 0 Å². The molecule has 2 fully saturated rings. The monoisotopic (exact) mass is 335 g/mol. The number of nitrogens with one attached hydrogen (secondary N) is 1. The molecule has 23 heavy (non-hydrogen) atoms. The van der Waals surface area contributed by atoms with Crippen LogP contribution in [0.1, 0.15) is 51.0 Å². The van der Waals surface area contributed by atoms with Gasteiger partial charge < -0.3 is 10.1 Å². The van der Waals surface area contributed by atoms with Crippen LogP contribution in [0.3, 0.4) is 0 Å². The van der Waals surface area contributed by atoms with E-state index in [1.54, 1.807) is 0 Å². The number of halogens is 1. The Bertz CT molecular complexity index is 533. The van der Waals surface area contributed by atoms with Crippen LogP contribution >= 0.6 is 11.6 Å². The van der Waals surface area contributed by atoms with Gasteiger partial charge in [0.15, 0.2) is 5.78 Å². The second kappa shape index (κ2) is 7.33. The highest BCUT2D eigenvalue weighted by molar-refractivity contribution is 6.30. The molecule has 3 rings (SSSR count). The fourth-order valence-electron chi connectivity index (χ4n) is 3.61. The number of carbonyl (C=O) groups is 1. The molecule has 4 heteroatoms. The number of Topliss-reactive ketones (excluding diaryl/α,β-unsaturated/α-hetero) is 1. The third kappa shape index (κ3) is 3.78. The average Bonchev–Trinajstić information content (AvgIpc) is 3.39. The molecule has 0 amide bonds. The van der Waals surface area contributed by atoms with E-state index in [1.165, 1.54) is 12.8 Å². The lowest BCUT2D eigenvalue weighted by molar-refractivity contribution is -0.130. The molecule has 0 radical (unpaired) electrons. The van der Waals surface area contributed by atoms with Crippen molar-refractivity contribution >= 4 is 17.4 Å². The maximum absolute atomic E-state index is 13.5. The van der Waals surface area contributed by atoms with Crippen LogP contribution in [0.5, 0.6) is 0 Å². The van der Waals surface area contributed by atoms with Crippen molar-refractivity contribution in [2.45, 2.75) is 62.9 Å². The Kier molecular flexibility index (Phi) is 5.40. The molecular formula is C19H26ClNO2. The van der Waals surface area contributed by atoms with Gasteiger partial charge in [0.2, 0.25) is 0 Å². The van der Waals surface area contributed by atoms with E-state index in [0.29, 0.717) is 30.1 Å². The normalized spacial score (nSPS) is 21.8. The Morgan fingerprint density at radius 1 is 1.30 bits per heavy atom. The fraction of sp³-hybridized carbons (Fsp3) is 0.632. The van der Waals surface area contributed by atoms with Crippen molar-refractivity contribution in [2.75, 3.05) is 13.2 Å². The second-order valence-electron chi connectivity index (χ2n) is 6.85. The highest BCUT2D eigenvalue weighted by Gasteiger charge is 2.45. The topological polar surface area (TPSA) is 38.3 Å². The first-order valence-corrected chi connectivity index (χ1v) is 9.17. The van der Waals surface area contributed by atoms with Gasteiger partial charge in [-0.05, 0) is 49.8 Å². The van der Waals surface area contributed by atoms with Crippen molar-refractivity contribution < 1.29 is 9.53 Å². The number of carbonyl (C=O) groups excluding carboxylic acids is 1. The summed E-state index contributed by atoms with van der Waals surface area (Å²) in [5.74, 6) is 0.344. The van der Waals surface area contributed by atoms with Crippen molar-refractivity contribution in [2.24, 2.45) is 0 Å². The van der Waals surface area contributed by atoms with Gasteiger partial charge in [-0.25, -0.2) is 0 Å². The minimum Gasteiger partial charge on any atom is -0.381 e. The van der Waals surface area contributed by atoms with E-state index < -0.39 is 5.41 Å². The summed E-state index contributed by atoms with van der Waals surface area (Å²) in [5, 5.41) is 4.29. The van der Waals surface area contributed by atoms with Crippen LogP contribution in [-0.4, -0.2) is 31.1 Å². The molecule has 1 atom stereocenters. The third-order valence-corrected chi connectivity index (χ3v) is 5.37. The first-order valence-electron chi connectivity index (χ1n) is 8.80. The van der Waals surface area contributed by atoms with Crippen molar-refractivity contribution in [3.63, 3.8) is 0 Å². The van der Waals surface area contributed by atoms with Gasteiger partial charge in [0.1, 0.15) is 0 Å². The molecule has 1 saturated carbocycles. The Morgan fingerprint density at radius 3 is 2.52 bits per heavy atom. The van der Waals surface area contributed by atoms with Gasteiger partial charge in [-0.3, -0.25) is 4.79 Å². The third-order valence-electron chi connectivity index (χ3n) is 5.12. The Labute approximate surface area is 143 Å². The summed E-state index contributed by atoms with van der Waals surface area (Å²) in [7, 11) is 0. The van der Waals surface area contributed by atoms with Crippen LogP contribution in [0, 0.1) is 0 Å². The molecule has 1 saturated heterocycles. The number of hydrogen-bond donors (Lipinski definition) is 1. The predicted molar refractivity (Wildman–Crippen MR) is 93.0 cm³/mol. The molecule has 1 N–H and O–H groups in total. The summed E-state index contributed by atoms with van der Waals surface area (Å²) in [4.78, 5) is 13.5. The lowest BCUT2D eigenvalue weighted by Crippen LogP contribution is -2.51. The zero-order valence-electron chi connectivity index (χ0n) is 13.8. The molecule has 126 valence electrons. The number of ketones is 1. The van der Waals surface area contributed by atoms with E-state index in [9.17, 15) is 4.79 Å². The zero-order chi connectivity index (χ0) is 16.3. The van der Waals surface area contributed by atoms with Gasteiger partial charge in [0, 0.05) is 24.3 Å². The van der Waals surface area contributed by atoms with Gasteiger partial charge in [0.05, 0.1) is 11.5 Å². The average molecular weight is 336 g/mol. The SMILES string of the molecule is CCCC(NC1CC1)C(=O)C1(c2ccc(Cl)cc2)CCOCC1. The predicted octanol–water partition coefficient (Wildman–Crippen LogP) is 3.88. The highest BCUT2D eigenvalue weighted by Crippen LogP contribution is 2.38. The van der Waals surface area contributed by atoms with Gasteiger partial charge in [0.25, 0.3) is 0 Å². The second-order valence-corrected chi connectivity index (χ2v) is 7.28. The highest BCUT2D eigenvalue weighted by atomic mass is 35.5. The standard InChI is InChI=1S/C19H26ClNO2/c1-2-3-17(21-16-8-9-16)18(22)19(10-12-23-13-11-19)14-4-6-15(20)7-5-14/h4-7,16-17,21H,2-3,8-13H2,1H3. The maximum Gasteiger partial charge on any atom is 0.160 e. The molecule has 1 aliphatic heterocycles. The van der Waals surface area contributed by atoms with Crippen molar-refractivity contribution in [3.05, 3.63) is 34.9 Å². The van der Waals surface area contributed by atoms with E-state index >= 15 is 0 Å². The molecule has 2 aliphatic rings. The first kappa shape index (κ1) is 16.9. The minimum absolute atomic E-state index is 0.0405. The molecule has 1 aliphatic carbocycles. The van der Waals surface area contributed by atoms with E-state index in [-0.39, 0.29) is 6.04 Å². The van der Waals surface area contributed by atoms with Crippen molar-refractivity contribution in [1.82, 2.24) is 5.32 Å². The summed E-state index contributed by atoms with van der Waals surface area (Å²) >= 11 is 6.04. The van der Waals surface area contributed by atoms with E-state index in [0.717, 1.165) is 31.2 Å². The molecule has 1 aromatic carbocycles. The first-order chi connectivity index (χ1) is 11.2. The molecule has 1 heterocycles. The molecule has 3 nitrogen and oxygen atoms in total. The van der Waals surface area contributed by atoms with Gasteiger partial charge in [-0.1, -0.05) is 37.1 Å². The zero-order valence-corrected chi connectivity index (χ0v) is 14.6. The van der Waals surface area contributed by atoms with E-state index in [1.807, 2.05) is 24.3 Å². The summed E-state index contributed by atoms with van der Waals surface area (Å²) in [6.07, 6.45) is 5.85. The van der Waals surface area contributed by atoms with Gasteiger partial charge in [-0.2, -0.15) is 0 Å². The smallest absolute Gasteiger partial charge is 0.160 e. The molecule has 0 aromatic heterocycles. The van der Waals surface area contributed by atoms with E-state index in [4.69, 9.17) is 16.3 Å². The molecule has 1 aromatic rings. The number of ether oxygens (including phenoxy) is 1. The fourth-order valence-corrected chi connectivity index (χ4v) is 3.74. The van der Waals surface area contributed by atoms with Gasteiger partial charge >= 0.3 is 0 Å². The lowest BCUT2D eigenvalue weighted by Gasteiger charge is -2.39. The Morgan fingerprint density at radius 2 is 1.96 bits per heavy atom. The van der Waals surface area contributed by atoms with Crippen LogP contribution < -0.4 is 5.32 Å². The maximum atomic E-state index is 13.5. The number of hydrogen-bond acceptors (Lipinski definition) is 3. The summed E-state index contributed by atoms with van der Waals surface area (Å²) < 4.78 is 5.55. The summed E-state index contributed by atoms with van der Waals surface area (Å²) in [6, 6.07) is 8.32. The molecule has 1 unspecified atom stereocenters. The Hall–Kier alpha value is -0.900. The van der Waals surface area contributed by atoms with Crippen LogP contribution in [-0.2, 0) is 14.9 Å². The largest absolute Gasteiger partial charge is 0.381 e. The lowest BCUT2D eigenvalue weighted by atomic mass is 9.68. The van der Waals surface area contributed by atoms with Crippen LogP contribution in [0.4, 0.5) is 0 Å². The molecular weight excluding hydrogens is 310 g/mol. The van der Waals surface area contributed by atoms with Crippen LogP contribution in [0.25, 0.3) is 0 Å². The Balaban J connectivity index is 1.89. The van der Waals surface area contributed by atoms with E-state index in [2.05, 4.69) is 12.2 Å². The van der Waals surface area contributed by atoms with Crippen molar-refractivity contribution in [3.8, 4) is 0 Å². The number of benzene rings is 1.